The third-order valence-corrected chi connectivity index (χ3v) is 5.76. The van der Waals surface area contributed by atoms with Crippen molar-refractivity contribution in [1.29, 1.82) is 0 Å². The van der Waals surface area contributed by atoms with Crippen molar-refractivity contribution in [3.8, 4) is 17.2 Å². The summed E-state index contributed by atoms with van der Waals surface area (Å²) in [4.78, 5) is 16.8. The van der Waals surface area contributed by atoms with Crippen LogP contribution < -0.4 is 19.6 Å². The molecule has 2 aromatic rings. The number of ether oxygens (including phenoxy) is 3. The Morgan fingerprint density at radius 1 is 1.16 bits per heavy atom. The van der Waals surface area contributed by atoms with Crippen molar-refractivity contribution in [3.63, 3.8) is 0 Å². The van der Waals surface area contributed by atoms with Crippen molar-refractivity contribution in [3.05, 3.63) is 45.5 Å². The molecule has 0 spiro atoms. The predicted molar refractivity (Wildman–Crippen MR) is 119 cm³/mol. The number of nitrogens with zero attached hydrogens (tertiary/aromatic N) is 2. The number of nitrogens with one attached hydrogen (secondary N) is 1. The number of alkyl halides is 3. The van der Waals surface area contributed by atoms with Crippen LogP contribution in [-0.2, 0) is 11.0 Å². The minimum atomic E-state index is -4.60. The number of carbonyl (C=O) groups is 1. The van der Waals surface area contributed by atoms with E-state index >= 15 is 0 Å². The first-order valence-electron chi connectivity index (χ1n) is 8.66. The average Bonchev–Trinajstić information content (AvgIpc) is 3.00. The molecule has 1 amide bonds. The van der Waals surface area contributed by atoms with Crippen molar-refractivity contribution >= 4 is 57.7 Å². The fraction of sp³-hybridized carbons (Fsp3) is 0.211. The Morgan fingerprint density at radius 3 is 2.28 bits per heavy atom. The number of carbonyl (C=O) groups excluding carboxylic acids is 1. The van der Waals surface area contributed by atoms with Crippen molar-refractivity contribution in [1.82, 2.24) is 9.99 Å². The van der Waals surface area contributed by atoms with Gasteiger partial charge in [0.2, 0.25) is 5.75 Å². The Bertz CT molecular complexity index is 1090. The molecular weight excluding hydrogens is 491 g/mol. The smallest absolute Gasteiger partial charge is 0.417 e. The number of amides is 1. The molecule has 0 saturated carbocycles. The van der Waals surface area contributed by atoms with Crippen molar-refractivity contribution < 1.29 is 32.2 Å². The van der Waals surface area contributed by atoms with E-state index in [1.54, 1.807) is 18.2 Å². The second-order valence-corrected chi connectivity index (χ2v) is 8.22. The van der Waals surface area contributed by atoms with E-state index in [4.69, 9.17) is 38.0 Å². The van der Waals surface area contributed by atoms with Gasteiger partial charge in [0, 0.05) is 6.20 Å². The molecule has 1 aromatic carbocycles. The van der Waals surface area contributed by atoms with Gasteiger partial charge in [-0.1, -0.05) is 23.4 Å². The maximum Gasteiger partial charge on any atom is 0.417 e. The number of halogens is 4. The summed E-state index contributed by atoms with van der Waals surface area (Å²) in [5, 5.41) is 0.660. The zero-order chi connectivity index (χ0) is 23.6. The van der Waals surface area contributed by atoms with Gasteiger partial charge in [0.15, 0.2) is 21.6 Å². The number of methoxy groups -OCH3 is 3. The molecule has 0 bridgehead atoms. The van der Waals surface area contributed by atoms with Gasteiger partial charge in [-0.3, -0.25) is 10.2 Å². The number of thioether (sulfide) groups is 1. The summed E-state index contributed by atoms with van der Waals surface area (Å²) in [5.41, 5.74) is 2.13. The summed E-state index contributed by atoms with van der Waals surface area (Å²) in [6, 6.07) is 4.01. The first-order chi connectivity index (χ1) is 15.1. The standard InChI is InChI=1S/C19H15ClF3N3O4S2/c1-28-12-4-9(5-13(29-2)15(12)30-3)6-14-17(27)26(18(31)32-14)25-16-11(20)7-10(8-24-16)19(21,22)23/h4-8H,1-3H3,(H,24,25)/b14-6+. The topological polar surface area (TPSA) is 72.9 Å². The van der Waals surface area contributed by atoms with E-state index in [-0.39, 0.29) is 20.1 Å². The number of hydrogen-bond acceptors (Lipinski definition) is 8. The molecule has 1 aromatic heterocycles. The lowest BCUT2D eigenvalue weighted by atomic mass is 10.1. The highest BCUT2D eigenvalue weighted by Crippen LogP contribution is 2.40. The van der Waals surface area contributed by atoms with E-state index < -0.39 is 17.6 Å². The summed E-state index contributed by atoms with van der Waals surface area (Å²) in [6.07, 6.45) is -2.43. The van der Waals surface area contributed by atoms with Gasteiger partial charge in [0.1, 0.15) is 0 Å². The highest BCUT2D eigenvalue weighted by Gasteiger charge is 2.35. The van der Waals surface area contributed by atoms with E-state index in [2.05, 4.69) is 10.4 Å². The third-order valence-electron chi connectivity index (χ3n) is 4.16. The van der Waals surface area contributed by atoms with E-state index in [1.165, 1.54) is 21.3 Å². The summed E-state index contributed by atoms with van der Waals surface area (Å²) in [6.45, 7) is 0. The summed E-state index contributed by atoms with van der Waals surface area (Å²) >= 11 is 12.1. The van der Waals surface area contributed by atoms with E-state index in [0.717, 1.165) is 16.8 Å². The number of rotatable bonds is 6. The second kappa shape index (κ2) is 9.43. The molecule has 1 N–H and O–H groups in total. The van der Waals surface area contributed by atoms with Crippen LogP contribution in [0.25, 0.3) is 6.08 Å². The van der Waals surface area contributed by atoms with Gasteiger partial charge in [0.25, 0.3) is 5.91 Å². The lowest BCUT2D eigenvalue weighted by molar-refractivity contribution is -0.137. The molecule has 1 fully saturated rings. The molecule has 32 heavy (non-hydrogen) atoms. The number of benzene rings is 1. The highest BCUT2D eigenvalue weighted by molar-refractivity contribution is 8.26. The number of aromatic nitrogens is 1. The van der Waals surface area contributed by atoms with Crippen LogP contribution in [0, 0.1) is 0 Å². The zero-order valence-corrected chi connectivity index (χ0v) is 19.1. The Kier molecular flexibility index (Phi) is 7.06. The molecule has 13 heteroatoms. The monoisotopic (exact) mass is 505 g/mol. The molecule has 0 atom stereocenters. The maximum absolute atomic E-state index is 12.8. The second-order valence-electron chi connectivity index (χ2n) is 6.14. The molecule has 0 aliphatic carbocycles. The van der Waals surface area contributed by atoms with Crippen LogP contribution in [0.4, 0.5) is 19.0 Å². The van der Waals surface area contributed by atoms with E-state index in [9.17, 15) is 18.0 Å². The van der Waals surface area contributed by atoms with Gasteiger partial charge in [-0.05, 0) is 42.1 Å². The minimum Gasteiger partial charge on any atom is -0.493 e. The van der Waals surface area contributed by atoms with Crippen LogP contribution in [0.15, 0.2) is 29.3 Å². The van der Waals surface area contributed by atoms with Gasteiger partial charge < -0.3 is 14.2 Å². The molecule has 170 valence electrons. The number of hydrazine groups is 1. The third kappa shape index (κ3) is 4.87. The highest BCUT2D eigenvalue weighted by atomic mass is 35.5. The van der Waals surface area contributed by atoms with Crippen molar-refractivity contribution in [2.24, 2.45) is 0 Å². The van der Waals surface area contributed by atoms with Gasteiger partial charge in [-0.2, -0.15) is 18.2 Å². The van der Waals surface area contributed by atoms with Crippen molar-refractivity contribution in [2.45, 2.75) is 6.18 Å². The van der Waals surface area contributed by atoms with Gasteiger partial charge in [0.05, 0.1) is 36.8 Å². The summed E-state index contributed by atoms with van der Waals surface area (Å²) in [7, 11) is 4.40. The molecule has 1 aliphatic rings. The number of hydrogen-bond donors (Lipinski definition) is 1. The molecule has 1 aliphatic heterocycles. The van der Waals surface area contributed by atoms with Crippen molar-refractivity contribution in [2.75, 3.05) is 26.8 Å². The number of pyridine rings is 1. The lowest BCUT2D eigenvalue weighted by Gasteiger charge is -2.17. The fourth-order valence-corrected chi connectivity index (χ4v) is 4.07. The molecule has 1 saturated heterocycles. The molecule has 0 unspecified atom stereocenters. The van der Waals surface area contributed by atoms with Crippen LogP contribution in [0.1, 0.15) is 11.1 Å². The predicted octanol–water partition coefficient (Wildman–Crippen LogP) is 5.01. The van der Waals surface area contributed by atoms with Crippen LogP contribution in [0.3, 0.4) is 0 Å². The Labute approximate surface area is 195 Å². The van der Waals surface area contributed by atoms with Gasteiger partial charge in [-0.25, -0.2) is 4.98 Å². The lowest BCUT2D eigenvalue weighted by Crippen LogP contribution is -2.34. The molecule has 0 radical (unpaired) electrons. The Hall–Kier alpha value is -2.70. The van der Waals surface area contributed by atoms with E-state index in [1.807, 2.05) is 0 Å². The molecule has 3 rings (SSSR count). The first kappa shape index (κ1) is 24.0. The summed E-state index contributed by atoms with van der Waals surface area (Å²) < 4.78 is 54.4. The maximum atomic E-state index is 12.8. The fourth-order valence-electron chi connectivity index (χ4n) is 2.68. The van der Waals surface area contributed by atoms with Gasteiger partial charge in [-0.15, -0.1) is 0 Å². The molecule has 2 heterocycles. The van der Waals surface area contributed by atoms with Crippen LogP contribution in [-0.4, -0.2) is 41.5 Å². The SMILES string of the molecule is COc1cc(/C=C2/SC(=S)N(Nc3ncc(C(F)(F)F)cc3Cl)C2=O)cc(OC)c1OC. The average molecular weight is 506 g/mol. The molecular formula is C19H15ClF3N3O4S2. The zero-order valence-electron chi connectivity index (χ0n) is 16.7. The van der Waals surface area contributed by atoms with Gasteiger partial charge >= 0.3 is 6.18 Å². The molecule has 7 nitrogen and oxygen atoms in total. The van der Waals surface area contributed by atoms with Crippen LogP contribution in [0.2, 0.25) is 5.02 Å². The quantitative estimate of drug-likeness (QED) is 0.434. The number of anilines is 1. The largest absolute Gasteiger partial charge is 0.493 e. The van der Waals surface area contributed by atoms with Crippen LogP contribution >= 0.6 is 35.6 Å². The normalized spacial score (nSPS) is 15.3. The Morgan fingerprint density at radius 2 is 1.78 bits per heavy atom. The first-order valence-corrected chi connectivity index (χ1v) is 10.3. The number of thiocarbonyl (C=S) groups is 1. The van der Waals surface area contributed by atoms with E-state index in [0.29, 0.717) is 35.1 Å². The minimum absolute atomic E-state index is 0.117. The van der Waals surface area contributed by atoms with Crippen LogP contribution in [0.5, 0.6) is 17.2 Å². The Balaban J connectivity index is 1.87. The summed E-state index contributed by atoms with van der Waals surface area (Å²) in [5.74, 6) is 0.501.